The van der Waals surface area contributed by atoms with Crippen molar-refractivity contribution in [1.82, 2.24) is 4.72 Å². The molecule has 7 heteroatoms. The van der Waals surface area contributed by atoms with Crippen molar-refractivity contribution >= 4 is 16.0 Å². The van der Waals surface area contributed by atoms with Crippen molar-refractivity contribution in [2.24, 2.45) is 0 Å². The second-order valence-corrected chi connectivity index (χ2v) is 6.91. The van der Waals surface area contributed by atoms with Gasteiger partial charge < -0.3 is 9.47 Å². The molecule has 0 saturated carbocycles. The van der Waals surface area contributed by atoms with E-state index in [-0.39, 0.29) is 11.0 Å². The van der Waals surface area contributed by atoms with Gasteiger partial charge in [0.2, 0.25) is 10.0 Å². The Bertz CT molecular complexity index is 625. The molecule has 0 amide bonds. The Morgan fingerprint density at radius 2 is 1.95 bits per heavy atom. The van der Waals surface area contributed by atoms with Gasteiger partial charge in [-0.25, -0.2) is 8.42 Å². The SMILES string of the molecule is CCC(NS(=O)(=O)c1ccc(OC(C)C)c(C)c1)C(=O)OC. The van der Waals surface area contributed by atoms with Crippen LogP contribution in [0.1, 0.15) is 32.8 Å². The lowest BCUT2D eigenvalue weighted by Gasteiger charge is -2.16. The van der Waals surface area contributed by atoms with E-state index in [0.29, 0.717) is 17.7 Å². The number of ether oxygens (including phenoxy) is 2. The summed E-state index contributed by atoms with van der Waals surface area (Å²) in [6.07, 6.45) is 0.308. The Morgan fingerprint density at radius 1 is 1.32 bits per heavy atom. The van der Waals surface area contributed by atoms with Gasteiger partial charge in [-0.2, -0.15) is 4.72 Å². The molecule has 0 bridgehead atoms. The molecule has 0 aromatic heterocycles. The largest absolute Gasteiger partial charge is 0.491 e. The zero-order chi connectivity index (χ0) is 16.9. The van der Waals surface area contributed by atoms with Gasteiger partial charge >= 0.3 is 5.97 Å². The Kier molecular flexibility index (Phi) is 6.37. The van der Waals surface area contributed by atoms with Gasteiger partial charge in [0.15, 0.2) is 0 Å². The summed E-state index contributed by atoms with van der Waals surface area (Å²) in [5.41, 5.74) is 0.711. The van der Waals surface area contributed by atoms with E-state index in [1.807, 2.05) is 13.8 Å². The number of carbonyl (C=O) groups is 1. The molecule has 1 aromatic rings. The van der Waals surface area contributed by atoms with Crippen molar-refractivity contribution < 1.29 is 22.7 Å². The van der Waals surface area contributed by atoms with Gasteiger partial charge in [-0.05, 0) is 51.0 Å². The smallest absolute Gasteiger partial charge is 0.323 e. The fourth-order valence-electron chi connectivity index (χ4n) is 1.87. The number of aryl methyl sites for hydroxylation is 1. The summed E-state index contributed by atoms with van der Waals surface area (Å²) >= 11 is 0. The first-order valence-electron chi connectivity index (χ1n) is 7.08. The third-order valence-corrected chi connectivity index (χ3v) is 4.48. The van der Waals surface area contributed by atoms with E-state index in [1.54, 1.807) is 19.9 Å². The lowest BCUT2D eigenvalue weighted by atomic mass is 10.2. The minimum Gasteiger partial charge on any atom is -0.491 e. The Morgan fingerprint density at radius 3 is 2.41 bits per heavy atom. The zero-order valence-corrected chi connectivity index (χ0v) is 14.4. The fourth-order valence-corrected chi connectivity index (χ4v) is 3.22. The van der Waals surface area contributed by atoms with E-state index >= 15 is 0 Å². The van der Waals surface area contributed by atoms with E-state index in [1.165, 1.54) is 19.2 Å². The molecule has 0 radical (unpaired) electrons. The van der Waals surface area contributed by atoms with Gasteiger partial charge in [0.1, 0.15) is 11.8 Å². The molecule has 1 rings (SSSR count). The summed E-state index contributed by atoms with van der Waals surface area (Å²) in [5, 5.41) is 0. The van der Waals surface area contributed by atoms with Crippen LogP contribution in [-0.4, -0.2) is 33.6 Å². The monoisotopic (exact) mass is 329 g/mol. The molecule has 1 aromatic carbocycles. The summed E-state index contributed by atoms with van der Waals surface area (Å²) < 4.78 is 37.2. The van der Waals surface area contributed by atoms with Crippen molar-refractivity contribution in [1.29, 1.82) is 0 Å². The maximum Gasteiger partial charge on any atom is 0.323 e. The number of sulfonamides is 1. The van der Waals surface area contributed by atoms with Crippen LogP contribution in [-0.2, 0) is 19.6 Å². The molecule has 6 nitrogen and oxygen atoms in total. The van der Waals surface area contributed by atoms with E-state index in [9.17, 15) is 13.2 Å². The van der Waals surface area contributed by atoms with Crippen molar-refractivity contribution in [3.8, 4) is 5.75 Å². The minimum absolute atomic E-state index is 0.00285. The molecule has 124 valence electrons. The van der Waals surface area contributed by atoms with Crippen LogP contribution in [0.4, 0.5) is 0 Å². The Hall–Kier alpha value is -1.60. The number of rotatable bonds is 7. The molecule has 0 aliphatic rings. The second kappa shape index (κ2) is 7.60. The van der Waals surface area contributed by atoms with Crippen molar-refractivity contribution in [2.75, 3.05) is 7.11 Å². The molecule has 0 fully saturated rings. The van der Waals surface area contributed by atoms with Crippen LogP contribution in [0.15, 0.2) is 23.1 Å². The summed E-state index contributed by atoms with van der Waals surface area (Å²) in [4.78, 5) is 11.6. The summed E-state index contributed by atoms with van der Waals surface area (Å²) in [7, 11) is -2.58. The lowest BCUT2D eigenvalue weighted by molar-refractivity contribution is -0.142. The summed E-state index contributed by atoms with van der Waals surface area (Å²) in [6, 6.07) is 3.69. The highest BCUT2D eigenvalue weighted by molar-refractivity contribution is 7.89. The number of esters is 1. The number of hydrogen-bond acceptors (Lipinski definition) is 5. The number of carbonyl (C=O) groups excluding carboxylic acids is 1. The Labute approximate surface area is 131 Å². The third kappa shape index (κ3) is 4.71. The van der Waals surface area contributed by atoms with Crippen molar-refractivity contribution in [3.63, 3.8) is 0 Å². The van der Waals surface area contributed by atoms with Crippen LogP contribution in [0, 0.1) is 6.92 Å². The molecule has 0 spiro atoms. The summed E-state index contributed by atoms with van der Waals surface area (Å²) in [6.45, 7) is 7.27. The molecule has 1 atom stereocenters. The molecular formula is C15H23NO5S. The van der Waals surface area contributed by atoms with Crippen LogP contribution in [0.2, 0.25) is 0 Å². The predicted molar refractivity (Wildman–Crippen MR) is 83.4 cm³/mol. The van der Waals surface area contributed by atoms with E-state index in [2.05, 4.69) is 9.46 Å². The molecule has 0 aliphatic heterocycles. The highest BCUT2D eigenvalue weighted by atomic mass is 32.2. The highest BCUT2D eigenvalue weighted by Gasteiger charge is 2.25. The van der Waals surface area contributed by atoms with Crippen LogP contribution in [0.25, 0.3) is 0 Å². The van der Waals surface area contributed by atoms with Crippen LogP contribution in [0.3, 0.4) is 0 Å². The first-order valence-corrected chi connectivity index (χ1v) is 8.57. The standard InChI is InChI=1S/C15H23NO5S/c1-6-13(15(17)20-5)16-22(18,19)12-7-8-14(11(4)9-12)21-10(2)3/h7-10,13,16H,6H2,1-5H3. The highest BCUT2D eigenvalue weighted by Crippen LogP contribution is 2.23. The van der Waals surface area contributed by atoms with Gasteiger partial charge in [-0.1, -0.05) is 6.92 Å². The normalized spacial score (nSPS) is 13.0. The van der Waals surface area contributed by atoms with Crippen molar-refractivity contribution in [2.45, 2.75) is 51.2 Å². The molecule has 0 aliphatic carbocycles. The third-order valence-electron chi connectivity index (χ3n) is 3.01. The molecule has 22 heavy (non-hydrogen) atoms. The predicted octanol–water partition coefficient (Wildman–Crippen LogP) is 2.01. The summed E-state index contributed by atoms with van der Waals surface area (Å²) in [5.74, 6) is 0.0246. The molecule has 0 saturated heterocycles. The quantitative estimate of drug-likeness (QED) is 0.774. The second-order valence-electron chi connectivity index (χ2n) is 5.20. The number of methoxy groups -OCH3 is 1. The number of nitrogens with one attached hydrogen (secondary N) is 1. The first kappa shape index (κ1) is 18.4. The van der Waals surface area contributed by atoms with Gasteiger partial charge in [0, 0.05) is 0 Å². The van der Waals surface area contributed by atoms with Gasteiger partial charge in [-0.15, -0.1) is 0 Å². The molecule has 1 N–H and O–H groups in total. The zero-order valence-electron chi connectivity index (χ0n) is 13.5. The van der Waals surface area contributed by atoms with Gasteiger partial charge in [0.05, 0.1) is 18.1 Å². The van der Waals surface area contributed by atoms with E-state index in [4.69, 9.17) is 4.74 Å². The van der Waals surface area contributed by atoms with E-state index < -0.39 is 22.0 Å². The number of benzene rings is 1. The maximum atomic E-state index is 12.3. The van der Waals surface area contributed by atoms with Gasteiger partial charge in [-0.3, -0.25) is 4.79 Å². The average molecular weight is 329 g/mol. The van der Waals surface area contributed by atoms with Crippen LogP contribution >= 0.6 is 0 Å². The average Bonchev–Trinajstić information content (AvgIpc) is 2.45. The lowest BCUT2D eigenvalue weighted by Crippen LogP contribution is -2.40. The topological polar surface area (TPSA) is 81.7 Å². The van der Waals surface area contributed by atoms with Crippen LogP contribution in [0.5, 0.6) is 5.75 Å². The van der Waals surface area contributed by atoms with Gasteiger partial charge in [0.25, 0.3) is 0 Å². The first-order chi connectivity index (χ1) is 10.2. The maximum absolute atomic E-state index is 12.3. The molecule has 0 heterocycles. The molecular weight excluding hydrogens is 306 g/mol. The van der Waals surface area contributed by atoms with Crippen molar-refractivity contribution in [3.05, 3.63) is 23.8 Å². The minimum atomic E-state index is -3.80. The van der Waals surface area contributed by atoms with E-state index in [0.717, 1.165) is 0 Å². The molecule has 1 unspecified atom stereocenters. The number of hydrogen-bond donors (Lipinski definition) is 1. The Balaban J connectivity index is 3.03. The fraction of sp³-hybridized carbons (Fsp3) is 0.533. The van der Waals surface area contributed by atoms with Crippen LogP contribution < -0.4 is 9.46 Å².